The summed E-state index contributed by atoms with van der Waals surface area (Å²) in [7, 11) is 1.61. The Balaban J connectivity index is 2.43. The Morgan fingerprint density at radius 3 is 2.86 bits per heavy atom. The summed E-state index contributed by atoms with van der Waals surface area (Å²) in [4.78, 5) is 4.08. The van der Waals surface area contributed by atoms with Crippen LogP contribution in [0.2, 0.25) is 5.15 Å². The topological polar surface area (TPSA) is 52.0 Å². The fraction of sp³-hybridized carbons (Fsp3) is 0.571. The molecule has 0 atom stereocenters. The summed E-state index contributed by atoms with van der Waals surface area (Å²) < 4.78 is 23.7. The summed E-state index contributed by atoms with van der Waals surface area (Å²) in [6, 6.07) is 0. The minimum atomic E-state index is -3.56. The van der Waals surface area contributed by atoms with Crippen LogP contribution in [0.4, 0.5) is 0 Å². The zero-order valence-corrected chi connectivity index (χ0v) is 9.53. The largest absolute Gasteiger partial charge is 0.330 e. The van der Waals surface area contributed by atoms with Crippen LogP contribution in [0.3, 0.4) is 0 Å². The number of aryl methyl sites for hydroxylation is 1. The van der Waals surface area contributed by atoms with E-state index in [1.807, 2.05) is 4.57 Å². The number of rotatable bonds is 2. The Kier molecular flexibility index (Phi) is 2.49. The van der Waals surface area contributed by atoms with Gasteiger partial charge in [-0.15, -0.1) is 0 Å². The van der Waals surface area contributed by atoms with Crippen LogP contribution in [0, 0.1) is 0 Å². The van der Waals surface area contributed by atoms with Crippen molar-refractivity contribution < 1.29 is 8.42 Å². The SMILES string of the molecule is O=S(=O)(Cl)Cc1c(Cl)nc2n1CCC2. The van der Waals surface area contributed by atoms with Gasteiger partial charge in [0.2, 0.25) is 9.05 Å². The predicted octanol–water partition coefficient (Wildman–Crippen LogP) is 1.55. The van der Waals surface area contributed by atoms with Crippen molar-refractivity contribution in [2.75, 3.05) is 0 Å². The first kappa shape index (κ1) is 10.3. The Hall–Kier alpha value is -0.260. The molecule has 0 amide bonds. The molecule has 7 heteroatoms. The van der Waals surface area contributed by atoms with Gasteiger partial charge in [-0.2, -0.15) is 0 Å². The van der Waals surface area contributed by atoms with E-state index < -0.39 is 9.05 Å². The Bertz CT molecular complexity index is 466. The summed E-state index contributed by atoms with van der Waals surface area (Å²) in [5, 5.41) is 0.254. The van der Waals surface area contributed by atoms with Gasteiger partial charge in [0.25, 0.3) is 0 Å². The van der Waals surface area contributed by atoms with Gasteiger partial charge in [0.15, 0.2) is 5.15 Å². The number of fused-ring (bicyclic) bond motifs is 1. The van der Waals surface area contributed by atoms with Gasteiger partial charge in [0, 0.05) is 23.6 Å². The first-order valence-corrected chi connectivity index (χ1v) is 6.99. The van der Waals surface area contributed by atoms with Gasteiger partial charge < -0.3 is 4.57 Å². The molecule has 0 aliphatic carbocycles. The molecule has 0 spiro atoms. The molecule has 0 aromatic carbocycles. The van der Waals surface area contributed by atoms with E-state index in [9.17, 15) is 8.42 Å². The predicted molar refractivity (Wildman–Crippen MR) is 54.0 cm³/mol. The minimum Gasteiger partial charge on any atom is -0.330 e. The molecule has 0 N–H and O–H groups in total. The zero-order valence-electron chi connectivity index (χ0n) is 7.20. The van der Waals surface area contributed by atoms with E-state index in [4.69, 9.17) is 22.3 Å². The third kappa shape index (κ3) is 1.89. The molecule has 78 valence electrons. The second-order valence-electron chi connectivity index (χ2n) is 3.20. The molecule has 0 unspecified atom stereocenters. The maximum Gasteiger partial charge on any atom is 0.238 e. The lowest BCUT2D eigenvalue weighted by atomic mass is 10.4. The van der Waals surface area contributed by atoms with Crippen molar-refractivity contribution in [1.82, 2.24) is 9.55 Å². The molecule has 1 aliphatic rings. The van der Waals surface area contributed by atoms with Gasteiger partial charge in [-0.05, 0) is 6.42 Å². The molecule has 0 saturated carbocycles. The lowest BCUT2D eigenvalue weighted by molar-refractivity contribution is 0.605. The van der Waals surface area contributed by atoms with Crippen molar-refractivity contribution in [2.45, 2.75) is 25.1 Å². The number of hydrogen-bond donors (Lipinski definition) is 0. The van der Waals surface area contributed by atoms with E-state index in [2.05, 4.69) is 4.98 Å². The Morgan fingerprint density at radius 1 is 1.50 bits per heavy atom. The molecule has 1 aromatic rings. The van der Waals surface area contributed by atoms with Crippen LogP contribution in [0.1, 0.15) is 17.9 Å². The lowest BCUT2D eigenvalue weighted by Crippen LogP contribution is -2.04. The molecule has 2 rings (SSSR count). The molecular formula is C7H8Cl2N2O2S. The fourth-order valence-electron chi connectivity index (χ4n) is 1.66. The third-order valence-electron chi connectivity index (χ3n) is 2.19. The number of halogens is 2. The number of nitrogens with zero attached hydrogens (tertiary/aromatic N) is 2. The van der Waals surface area contributed by atoms with Gasteiger partial charge in [-0.1, -0.05) is 11.6 Å². The highest BCUT2D eigenvalue weighted by Gasteiger charge is 2.23. The maximum atomic E-state index is 10.9. The summed E-state index contributed by atoms with van der Waals surface area (Å²) in [6.07, 6.45) is 1.83. The van der Waals surface area contributed by atoms with Crippen LogP contribution in [-0.4, -0.2) is 18.0 Å². The molecule has 0 saturated heterocycles. The van der Waals surface area contributed by atoms with Crippen LogP contribution in [0.15, 0.2) is 0 Å². The first-order valence-electron chi connectivity index (χ1n) is 4.13. The molecule has 2 heterocycles. The van der Waals surface area contributed by atoms with Crippen LogP contribution >= 0.6 is 22.3 Å². The highest BCUT2D eigenvalue weighted by atomic mass is 35.7. The number of imidazole rings is 1. The van der Waals surface area contributed by atoms with Crippen LogP contribution in [0.25, 0.3) is 0 Å². The molecule has 0 fully saturated rings. The highest BCUT2D eigenvalue weighted by Crippen LogP contribution is 2.25. The Morgan fingerprint density at radius 2 is 2.21 bits per heavy atom. The normalized spacial score (nSPS) is 15.9. The van der Waals surface area contributed by atoms with Crippen LogP contribution in [0.5, 0.6) is 0 Å². The first-order chi connectivity index (χ1) is 6.47. The second kappa shape index (κ2) is 3.40. The third-order valence-corrected chi connectivity index (χ3v) is 3.44. The van der Waals surface area contributed by atoms with E-state index >= 15 is 0 Å². The molecule has 0 bridgehead atoms. The molecule has 0 radical (unpaired) electrons. The molecule has 14 heavy (non-hydrogen) atoms. The van der Waals surface area contributed by atoms with Crippen molar-refractivity contribution in [1.29, 1.82) is 0 Å². The number of hydrogen-bond acceptors (Lipinski definition) is 3. The molecule has 1 aliphatic heterocycles. The average molecular weight is 255 g/mol. The van der Waals surface area contributed by atoms with E-state index in [0.29, 0.717) is 5.69 Å². The van der Waals surface area contributed by atoms with Crippen molar-refractivity contribution in [3.8, 4) is 0 Å². The van der Waals surface area contributed by atoms with Gasteiger partial charge in [0.1, 0.15) is 11.6 Å². The molecule has 4 nitrogen and oxygen atoms in total. The smallest absolute Gasteiger partial charge is 0.238 e. The fourth-order valence-corrected chi connectivity index (χ4v) is 2.93. The summed E-state index contributed by atoms with van der Waals surface area (Å²) in [6.45, 7) is 0.775. The van der Waals surface area contributed by atoms with Crippen molar-refractivity contribution in [2.24, 2.45) is 0 Å². The maximum absolute atomic E-state index is 10.9. The highest BCUT2D eigenvalue weighted by molar-refractivity contribution is 8.13. The summed E-state index contributed by atoms with van der Waals surface area (Å²) >= 11 is 5.81. The Labute approximate surface area is 91.3 Å². The van der Waals surface area contributed by atoms with Crippen LogP contribution < -0.4 is 0 Å². The van der Waals surface area contributed by atoms with Crippen molar-refractivity contribution in [3.05, 3.63) is 16.7 Å². The van der Waals surface area contributed by atoms with Crippen molar-refractivity contribution >= 4 is 31.3 Å². The van der Waals surface area contributed by atoms with Gasteiger partial charge in [-0.3, -0.25) is 0 Å². The van der Waals surface area contributed by atoms with E-state index in [-0.39, 0.29) is 10.9 Å². The molecular weight excluding hydrogens is 247 g/mol. The van der Waals surface area contributed by atoms with E-state index in [0.717, 1.165) is 25.2 Å². The zero-order chi connectivity index (χ0) is 10.3. The molecule has 1 aromatic heterocycles. The minimum absolute atomic E-state index is 0.250. The summed E-state index contributed by atoms with van der Waals surface area (Å²) in [5.74, 6) is 0.603. The van der Waals surface area contributed by atoms with Crippen molar-refractivity contribution in [3.63, 3.8) is 0 Å². The number of aromatic nitrogens is 2. The van der Waals surface area contributed by atoms with E-state index in [1.54, 1.807) is 0 Å². The monoisotopic (exact) mass is 254 g/mol. The summed E-state index contributed by atoms with van der Waals surface area (Å²) in [5.41, 5.74) is 0.508. The standard InChI is InChI=1S/C7H8Cl2N2O2S/c8-7-5(4-14(9,12)13)11-3-1-2-6(11)10-7/h1-4H2. The van der Waals surface area contributed by atoms with Gasteiger partial charge in [-0.25, -0.2) is 13.4 Å². The quantitative estimate of drug-likeness (QED) is 0.753. The lowest BCUT2D eigenvalue weighted by Gasteiger charge is -2.02. The van der Waals surface area contributed by atoms with Gasteiger partial charge >= 0.3 is 0 Å². The second-order valence-corrected chi connectivity index (χ2v) is 6.34. The van der Waals surface area contributed by atoms with Gasteiger partial charge in [0.05, 0.1) is 5.69 Å². The van der Waals surface area contributed by atoms with Crippen LogP contribution in [-0.2, 0) is 27.8 Å². The average Bonchev–Trinajstić information content (AvgIpc) is 2.54. The van der Waals surface area contributed by atoms with E-state index in [1.165, 1.54) is 0 Å².